The number of halogens is 1. The summed E-state index contributed by atoms with van der Waals surface area (Å²) in [5.74, 6) is -0.354. The van der Waals surface area contributed by atoms with E-state index in [1.54, 1.807) is 16.9 Å². The van der Waals surface area contributed by atoms with E-state index in [0.717, 1.165) is 5.56 Å². The van der Waals surface area contributed by atoms with Crippen LogP contribution < -0.4 is 5.73 Å². The third-order valence-corrected chi connectivity index (χ3v) is 1.88. The van der Waals surface area contributed by atoms with Gasteiger partial charge in [0.1, 0.15) is 5.82 Å². The van der Waals surface area contributed by atoms with Crippen molar-refractivity contribution in [1.29, 1.82) is 0 Å². The first-order chi connectivity index (χ1) is 6.65. The smallest absolute Gasteiger partial charge is 0.127 e. The van der Waals surface area contributed by atoms with Gasteiger partial charge in [-0.3, -0.25) is 0 Å². The molecule has 0 unspecified atom stereocenters. The molecule has 2 aromatic rings. The van der Waals surface area contributed by atoms with E-state index in [2.05, 4.69) is 5.10 Å². The Morgan fingerprint density at radius 2 is 2.14 bits per heavy atom. The minimum Gasteiger partial charge on any atom is -0.399 e. The van der Waals surface area contributed by atoms with E-state index in [1.807, 2.05) is 13.1 Å². The summed E-state index contributed by atoms with van der Waals surface area (Å²) in [6.45, 7) is 1.92. The molecule has 1 aromatic carbocycles. The minimum atomic E-state index is -0.354. The van der Waals surface area contributed by atoms with Gasteiger partial charge < -0.3 is 5.73 Å². The Kier molecular flexibility index (Phi) is 1.96. The highest BCUT2D eigenvalue weighted by molar-refractivity contribution is 5.47. The van der Waals surface area contributed by atoms with Gasteiger partial charge in [0.25, 0.3) is 0 Å². The van der Waals surface area contributed by atoms with Crippen molar-refractivity contribution < 1.29 is 4.39 Å². The molecule has 0 saturated heterocycles. The topological polar surface area (TPSA) is 43.8 Å². The molecule has 14 heavy (non-hydrogen) atoms. The summed E-state index contributed by atoms with van der Waals surface area (Å²) in [6.07, 6.45) is 3.52. The molecule has 2 rings (SSSR count). The molecule has 0 radical (unpaired) electrons. The zero-order valence-corrected chi connectivity index (χ0v) is 7.74. The first-order valence-electron chi connectivity index (χ1n) is 4.23. The quantitative estimate of drug-likeness (QED) is 0.699. The van der Waals surface area contributed by atoms with Gasteiger partial charge in [-0.15, -0.1) is 0 Å². The first kappa shape index (κ1) is 8.74. The molecule has 72 valence electrons. The number of hydrogen-bond donors (Lipinski definition) is 1. The highest BCUT2D eigenvalue weighted by atomic mass is 19.1. The second kappa shape index (κ2) is 3.14. The molecule has 3 nitrogen and oxygen atoms in total. The van der Waals surface area contributed by atoms with Gasteiger partial charge >= 0.3 is 0 Å². The lowest BCUT2D eigenvalue weighted by molar-refractivity contribution is 0.626. The van der Waals surface area contributed by atoms with Crippen LogP contribution in [-0.2, 0) is 0 Å². The number of aromatic nitrogens is 2. The van der Waals surface area contributed by atoms with E-state index in [1.165, 1.54) is 12.1 Å². The summed E-state index contributed by atoms with van der Waals surface area (Å²) in [6, 6.07) is 4.35. The standard InChI is InChI=1S/C10H10FN3/c1-7-5-13-14(6-7)10-3-8(11)2-9(12)4-10/h2-6H,12H2,1H3. The van der Waals surface area contributed by atoms with Gasteiger partial charge in [0.15, 0.2) is 0 Å². The van der Waals surface area contributed by atoms with Crippen LogP contribution in [0.2, 0.25) is 0 Å². The Morgan fingerprint density at radius 1 is 1.36 bits per heavy atom. The highest BCUT2D eigenvalue weighted by Crippen LogP contribution is 2.14. The molecule has 2 N–H and O–H groups in total. The van der Waals surface area contributed by atoms with Crippen LogP contribution in [0, 0.1) is 12.7 Å². The van der Waals surface area contributed by atoms with E-state index >= 15 is 0 Å². The predicted octanol–water partition coefficient (Wildman–Crippen LogP) is 1.90. The van der Waals surface area contributed by atoms with E-state index < -0.39 is 0 Å². The van der Waals surface area contributed by atoms with Crippen LogP contribution in [0.1, 0.15) is 5.56 Å². The number of aryl methyl sites for hydroxylation is 1. The third-order valence-electron chi connectivity index (χ3n) is 1.88. The zero-order valence-electron chi connectivity index (χ0n) is 7.74. The molecule has 0 amide bonds. The van der Waals surface area contributed by atoms with Gasteiger partial charge in [0.2, 0.25) is 0 Å². The van der Waals surface area contributed by atoms with Crippen molar-refractivity contribution in [3.05, 3.63) is 42.0 Å². The second-order valence-electron chi connectivity index (χ2n) is 3.21. The maximum absolute atomic E-state index is 13.0. The zero-order chi connectivity index (χ0) is 10.1. The number of rotatable bonds is 1. The van der Waals surface area contributed by atoms with Gasteiger partial charge in [-0.2, -0.15) is 5.10 Å². The van der Waals surface area contributed by atoms with Crippen molar-refractivity contribution in [2.75, 3.05) is 5.73 Å². The largest absolute Gasteiger partial charge is 0.399 e. The average molecular weight is 191 g/mol. The fraction of sp³-hybridized carbons (Fsp3) is 0.100. The van der Waals surface area contributed by atoms with Gasteiger partial charge in [0, 0.05) is 11.9 Å². The van der Waals surface area contributed by atoms with E-state index in [4.69, 9.17) is 5.73 Å². The van der Waals surface area contributed by atoms with Gasteiger partial charge in [-0.25, -0.2) is 9.07 Å². The Hall–Kier alpha value is -1.84. The molecule has 1 aromatic heterocycles. The van der Waals surface area contributed by atoms with Crippen molar-refractivity contribution in [1.82, 2.24) is 9.78 Å². The highest BCUT2D eigenvalue weighted by Gasteiger charge is 2.01. The summed E-state index contributed by atoms with van der Waals surface area (Å²) >= 11 is 0. The maximum atomic E-state index is 13.0. The summed E-state index contributed by atoms with van der Waals surface area (Å²) in [5.41, 5.74) is 7.57. The summed E-state index contributed by atoms with van der Waals surface area (Å²) in [5, 5.41) is 4.06. The molecule has 4 heteroatoms. The molecule has 1 heterocycles. The minimum absolute atomic E-state index is 0.354. The van der Waals surface area contributed by atoms with Crippen molar-refractivity contribution in [3.8, 4) is 5.69 Å². The Labute approximate surface area is 81.0 Å². The molecule has 0 fully saturated rings. The van der Waals surface area contributed by atoms with Crippen LogP contribution in [-0.4, -0.2) is 9.78 Å². The fourth-order valence-corrected chi connectivity index (χ4v) is 1.28. The van der Waals surface area contributed by atoms with Crippen LogP contribution in [0.3, 0.4) is 0 Å². The molecule has 0 aliphatic heterocycles. The second-order valence-corrected chi connectivity index (χ2v) is 3.21. The molecule has 0 saturated carbocycles. The van der Waals surface area contributed by atoms with Crippen molar-refractivity contribution in [3.63, 3.8) is 0 Å². The van der Waals surface area contributed by atoms with E-state index in [9.17, 15) is 4.39 Å². The molecule has 0 atom stereocenters. The van der Waals surface area contributed by atoms with Crippen molar-refractivity contribution in [2.24, 2.45) is 0 Å². The van der Waals surface area contributed by atoms with Gasteiger partial charge in [0.05, 0.1) is 11.9 Å². The van der Waals surface area contributed by atoms with Crippen LogP contribution in [0.15, 0.2) is 30.6 Å². The van der Waals surface area contributed by atoms with Gasteiger partial charge in [-0.1, -0.05) is 0 Å². The number of anilines is 1. The Balaban J connectivity index is 2.51. The molecule has 0 aliphatic rings. The van der Waals surface area contributed by atoms with Crippen LogP contribution >= 0.6 is 0 Å². The number of nitrogen functional groups attached to an aromatic ring is 1. The monoisotopic (exact) mass is 191 g/mol. The lowest BCUT2D eigenvalue weighted by atomic mass is 10.3. The Bertz CT molecular complexity index is 442. The van der Waals surface area contributed by atoms with Crippen molar-refractivity contribution in [2.45, 2.75) is 6.92 Å². The number of nitrogens with zero attached hydrogens (tertiary/aromatic N) is 2. The van der Waals surface area contributed by atoms with Crippen LogP contribution in [0.4, 0.5) is 10.1 Å². The van der Waals surface area contributed by atoms with Crippen molar-refractivity contribution >= 4 is 5.69 Å². The molecular formula is C10H10FN3. The maximum Gasteiger partial charge on any atom is 0.127 e. The SMILES string of the molecule is Cc1cnn(-c2cc(N)cc(F)c2)c1. The Morgan fingerprint density at radius 3 is 2.71 bits per heavy atom. The third kappa shape index (κ3) is 1.59. The summed E-state index contributed by atoms with van der Waals surface area (Å²) in [4.78, 5) is 0. The average Bonchev–Trinajstić information content (AvgIpc) is 2.50. The molecule has 0 aliphatic carbocycles. The van der Waals surface area contributed by atoms with E-state index in [-0.39, 0.29) is 5.82 Å². The lowest BCUT2D eigenvalue weighted by Gasteiger charge is -2.02. The fourth-order valence-electron chi connectivity index (χ4n) is 1.28. The summed E-state index contributed by atoms with van der Waals surface area (Å²) in [7, 11) is 0. The number of nitrogens with two attached hydrogens (primary N) is 1. The first-order valence-corrected chi connectivity index (χ1v) is 4.23. The van der Waals surface area contributed by atoms with Crippen LogP contribution in [0.25, 0.3) is 5.69 Å². The van der Waals surface area contributed by atoms with Gasteiger partial charge in [-0.05, 0) is 30.7 Å². The molecule has 0 bridgehead atoms. The molecular weight excluding hydrogens is 181 g/mol. The normalized spacial score (nSPS) is 10.4. The lowest BCUT2D eigenvalue weighted by Crippen LogP contribution is -1.97. The number of hydrogen-bond acceptors (Lipinski definition) is 2. The summed E-state index contributed by atoms with van der Waals surface area (Å²) < 4.78 is 14.6. The number of benzene rings is 1. The predicted molar refractivity (Wildman–Crippen MR) is 52.7 cm³/mol. The molecule has 0 spiro atoms. The van der Waals surface area contributed by atoms with Crippen LogP contribution in [0.5, 0.6) is 0 Å². The van der Waals surface area contributed by atoms with E-state index in [0.29, 0.717) is 11.4 Å².